The highest BCUT2D eigenvalue weighted by Crippen LogP contribution is 1.96. The molecule has 96 valence electrons. The molecule has 1 N–H and O–H groups in total. The average Bonchev–Trinajstić information content (AvgIpc) is 2.34. The Labute approximate surface area is 97.4 Å². The maximum absolute atomic E-state index is 5.49. The van der Waals surface area contributed by atoms with E-state index in [-0.39, 0.29) is 6.10 Å². The molecule has 0 radical (unpaired) electrons. The molecule has 1 rings (SSSR count). The van der Waals surface area contributed by atoms with Gasteiger partial charge in [-0.2, -0.15) is 0 Å². The zero-order chi connectivity index (χ0) is 11.5. The van der Waals surface area contributed by atoms with Crippen LogP contribution in [0.1, 0.15) is 6.42 Å². The molecule has 1 unspecified atom stereocenters. The highest BCUT2D eigenvalue weighted by atomic mass is 16.5. The Hall–Kier alpha value is -0.200. The van der Waals surface area contributed by atoms with Crippen LogP contribution in [-0.4, -0.2) is 65.9 Å². The molecule has 1 heterocycles. The van der Waals surface area contributed by atoms with Gasteiger partial charge in [0.15, 0.2) is 0 Å². The van der Waals surface area contributed by atoms with Crippen LogP contribution in [-0.2, 0) is 18.9 Å². The minimum absolute atomic E-state index is 0.197. The molecule has 0 aromatic carbocycles. The van der Waals surface area contributed by atoms with Crippen molar-refractivity contribution < 1.29 is 18.9 Å². The molecule has 1 aliphatic heterocycles. The van der Waals surface area contributed by atoms with E-state index in [1.54, 1.807) is 7.11 Å². The number of morpholine rings is 1. The van der Waals surface area contributed by atoms with Crippen LogP contribution in [0.5, 0.6) is 0 Å². The van der Waals surface area contributed by atoms with Gasteiger partial charge in [-0.3, -0.25) is 0 Å². The third-order valence-corrected chi connectivity index (χ3v) is 2.32. The number of hydrogen-bond donors (Lipinski definition) is 1. The normalized spacial score (nSPS) is 21.2. The van der Waals surface area contributed by atoms with E-state index in [0.29, 0.717) is 19.8 Å². The van der Waals surface area contributed by atoms with Crippen molar-refractivity contribution in [3.8, 4) is 0 Å². The van der Waals surface area contributed by atoms with Crippen molar-refractivity contribution in [2.75, 3.05) is 59.8 Å². The van der Waals surface area contributed by atoms with E-state index in [1.807, 2.05) is 0 Å². The minimum Gasteiger partial charge on any atom is -0.385 e. The van der Waals surface area contributed by atoms with Crippen molar-refractivity contribution in [1.29, 1.82) is 0 Å². The van der Waals surface area contributed by atoms with Crippen LogP contribution in [0.15, 0.2) is 0 Å². The zero-order valence-electron chi connectivity index (χ0n) is 10.1. The molecular weight excluding hydrogens is 210 g/mol. The van der Waals surface area contributed by atoms with Crippen LogP contribution in [0, 0.1) is 0 Å². The maximum atomic E-state index is 5.49. The number of hydrogen-bond acceptors (Lipinski definition) is 5. The van der Waals surface area contributed by atoms with Gasteiger partial charge in [-0.25, -0.2) is 0 Å². The average molecular weight is 233 g/mol. The molecule has 5 heteroatoms. The number of rotatable bonds is 9. The van der Waals surface area contributed by atoms with Gasteiger partial charge in [-0.15, -0.1) is 0 Å². The molecule has 0 spiro atoms. The molecule has 0 aromatic heterocycles. The standard InChI is InChI=1S/C11H23NO4/c1-13-4-2-5-14-7-8-15-10-11-9-12-3-6-16-11/h11-12H,2-10H2,1H3. The van der Waals surface area contributed by atoms with Crippen molar-refractivity contribution >= 4 is 0 Å². The fourth-order valence-corrected chi connectivity index (χ4v) is 1.47. The molecule has 0 saturated carbocycles. The van der Waals surface area contributed by atoms with Gasteiger partial charge in [-0.05, 0) is 6.42 Å². The Kier molecular flexibility index (Phi) is 8.65. The van der Waals surface area contributed by atoms with Crippen molar-refractivity contribution in [3.63, 3.8) is 0 Å². The Balaban J connectivity index is 1.77. The topological polar surface area (TPSA) is 49.0 Å². The van der Waals surface area contributed by atoms with Gasteiger partial charge in [-0.1, -0.05) is 0 Å². The largest absolute Gasteiger partial charge is 0.385 e. The first-order valence-electron chi connectivity index (χ1n) is 5.90. The smallest absolute Gasteiger partial charge is 0.0933 e. The van der Waals surface area contributed by atoms with E-state index in [2.05, 4.69) is 5.32 Å². The predicted octanol–water partition coefficient (Wildman–Crippen LogP) is 0.0445. The van der Waals surface area contributed by atoms with E-state index in [1.165, 1.54) is 0 Å². The van der Waals surface area contributed by atoms with Gasteiger partial charge in [0.05, 0.1) is 32.5 Å². The predicted molar refractivity (Wildman–Crippen MR) is 60.7 cm³/mol. The Morgan fingerprint density at radius 2 is 2.06 bits per heavy atom. The van der Waals surface area contributed by atoms with E-state index >= 15 is 0 Å². The second kappa shape index (κ2) is 9.99. The van der Waals surface area contributed by atoms with Crippen molar-refractivity contribution in [3.05, 3.63) is 0 Å². The van der Waals surface area contributed by atoms with Crippen LogP contribution >= 0.6 is 0 Å². The lowest BCUT2D eigenvalue weighted by atomic mass is 10.3. The third-order valence-electron chi connectivity index (χ3n) is 2.32. The molecule has 1 aliphatic rings. The summed E-state index contributed by atoms with van der Waals surface area (Å²) in [7, 11) is 1.70. The molecule has 0 bridgehead atoms. The van der Waals surface area contributed by atoms with Gasteiger partial charge in [0, 0.05) is 33.4 Å². The van der Waals surface area contributed by atoms with E-state index in [0.717, 1.165) is 39.3 Å². The second-order valence-electron chi connectivity index (χ2n) is 3.73. The summed E-state index contributed by atoms with van der Waals surface area (Å²) < 4.78 is 21.2. The Morgan fingerprint density at radius 3 is 2.81 bits per heavy atom. The first-order chi connectivity index (χ1) is 7.93. The maximum Gasteiger partial charge on any atom is 0.0933 e. The van der Waals surface area contributed by atoms with Crippen LogP contribution in [0.4, 0.5) is 0 Å². The summed E-state index contributed by atoms with van der Waals surface area (Å²) in [6, 6.07) is 0. The molecule has 0 aliphatic carbocycles. The lowest BCUT2D eigenvalue weighted by molar-refractivity contribution is -0.0434. The van der Waals surface area contributed by atoms with E-state index in [4.69, 9.17) is 18.9 Å². The first-order valence-corrected chi connectivity index (χ1v) is 5.90. The molecule has 1 saturated heterocycles. The number of ether oxygens (including phenoxy) is 4. The molecule has 5 nitrogen and oxygen atoms in total. The van der Waals surface area contributed by atoms with Crippen LogP contribution in [0.2, 0.25) is 0 Å². The van der Waals surface area contributed by atoms with E-state index in [9.17, 15) is 0 Å². The highest BCUT2D eigenvalue weighted by Gasteiger charge is 2.12. The van der Waals surface area contributed by atoms with Crippen LogP contribution in [0.25, 0.3) is 0 Å². The molecule has 16 heavy (non-hydrogen) atoms. The summed E-state index contributed by atoms with van der Waals surface area (Å²) in [6.07, 6.45) is 1.13. The van der Waals surface area contributed by atoms with Crippen molar-refractivity contribution in [2.24, 2.45) is 0 Å². The quantitative estimate of drug-likeness (QED) is 0.570. The van der Waals surface area contributed by atoms with Crippen LogP contribution < -0.4 is 5.32 Å². The Bertz CT molecular complexity index is 151. The van der Waals surface area contributed by atoms with Gasteiger partial charge in [0.2, 0.25) is 0 Å². The fraction of sp³-hybridized carbons (Fsp3) is 1.00. The monoisotopic (exact) mass is 233 g/mol. The minimum atomic E-state index is 0.197. The van der Waals surface area contributed by atoms with Crippen LogP contribution in [0.3, 0.4) is 0 Å². The van der Waals surface area contributed by atoms with Gasteiger partial charge < -0.3 is 24.3 Å². The Morgan fingerprint density at radius 1 is 1.19 bits per heavy atom. The van der Waals surface area contributed by atoms with Gasteiger partial charge >= 0.3 is 0 Å². The summed E-state index contributed by atoms with van der Waals surface area (Å²) in [4.78, 5) is 0. The summed E-state index contributed by atoms with van der Waals surface area (Å²) in [5.41, 5.74) is 0. The second-order valence-corrected chi connectivity index (χ2v) is 3.73. The summed E-state index contributed by atoms with van der Waals surface area (Å²) in [5.74, 6) is 0. The molecule has 1 fully saturated rings. The first kappa shape index (κ1) is 13.9. The SMILES string of the molecule is COCCCOCCOCC1CNCCO1. The molecule has 1 atom stereocenters. The third kappa shape index (κ3) is 7.14. The number of nitrogens with one attached hydrogen (secondary N) is 1. The molecule has 0 amide bonds. The summed E-state index contributed by atoms with van der Waals surface area (Å²) in [5, 5.41) is 3.26. The fourth-order valence-electron chi connectivity index (χ4n) is 1.47. The van der Waals surface area contributed by atoms with Gasteiger partial charge in [0.1, 0.15) is 0 Å². The van der Waals surface area contributed by atoms with E-state index < -0.39 is 0 Å². The summed E-state index contributed by atoms with van der Waals surface area (Å²) >= 11 is 0. The summed E-state index contributed by atoms with van der Waals surface area (Å²) in [6.45, 7) is 6.02. The lowest BCUT2D eigenvalue weighted by Crippen LogP contribution is -2.41. The van der Waals surface area contributed by atoms with Crippen molar-refractivity contribution in [2.45, 2.75) is 12.5 Å². The molecule has 0 aromatic rings. The molecular formula is C11H23NO4. The zero-order valence-corrected chi connectivity index (χ0v) is 10.1. The van der Waals surface area contributed by atoms with Gasteiger partial charge in [0.25, 0.3) is 0 Å². The lowest BCUT2D eigenvalue weighted by Gasteiger charge is -2.23. The highest BCUT2D eigenvalue weighted by molar-refractivity contribution is 4.65. The van der Waals surface area contributed by atoms with Crippen molar-refractivity contribution in [1.82, 2.24) is 5.32 Å². The number of methoxy groups -OCH3 is 1.